The first-order valence-electron chi connectivity index (χ1n) is 6.62. The lowest BCUT2D eigenvalue weighted by molar-refractivity contribution is 0.307. The molecule has 3 nitrogen and oxygen atoms in total. The van der Waals surface area contributed by atoms with Gasteiger partial charge in [0, 0.05) is 10.3 Å². The minimum absolute atomic E-state index is 0.279. The van der Waals surface area contributed by atoms with Crippen molar-refractivity contribution in [3.05, 3.63) is 42.5 Å². The standard InChI is InChI=1S/C16H20N2OS/c1-16(2,15(17)18-19)9-10-20-14-8-7-12-5-3-4-6-13(12)11-14/h3-8,11,19H,9-10H2,1-2H3,(H2,17,18). The van der Waals surface area contributed by atoms with Crippen molar-refractivity contribution < 1.29 is 5.21 Å². The third-order valence-electron chi connectivity index (χ3n) is 3.52. The lowest BCUT2D eigenvalue weighted by Crippen LogP contribution is -2.32. The van der Waals surface area contributed by atoms with Gasteiger partial charge in [-0.25, -0.2) is 0 Å². The Kier molecular flexibility index (Phi) is 4.55. The molecule has 0 amide bonds. The lowest BCUT2D eigenvalue weighted by Gasteiger charge is -2.22. The molecule has 2 aromatic rings. The predicted octanol–water partition coefficient (Wildman–Crippen LogP) is 4.09. The summed E-state index contributed by atoms with van der Waals surface area (Å²) in [4.78, 5) is 1.25. The summed E-state index contributed by atoms with van der Waals surface area (Å²) in [5.74, 6) is 1.22. The molecular formula is C16H20N2OS. The van der Waals surface area contributed by atoms with Gasteiger partial charge in [0.15, 0.2) is 0 Å². The van der Waals surface area contributed by atoms with Gasteiger partial charge in [0.05, 0.1) is 0 Å². The third kappa shape index (κ3) is 3.45. The fourth-order valence-corrected chi connectivity index (χ4v) is 3.17. The van der Waals surface area contributed by atoms with Crippen molar-refractivity contribution in [2.45, 2.75) is 25.2 Å². The Morgan fingerprint density at radius 3 is 2.60 bits per heavy atom. The van der Waals surface area contributed by atoms with E-state index in [4.69, 9.17) is 10.9 Å². The lowest BCUT2D eigenvalue weighted by atomic mass is 9.89. The maximum Gasteiger partial charge on any atom is 0.144 e. The van der Waals surface area contributed by atoms with Crippen LogP contribution in [0.4, 0.5) is 0 Å². The Bertz CT molecular complexity index is 623. The quantitative estimate of drug-likeness (QED) is 0.286. The zero-order chi connectivity index (χ0) is 14.6. The molecule has 0 aliphatic carbocycles. The summed E-state index contributed by atoms with van der Waals surface area (Å²) in [6.07, 6.45) is 0.861. The highest BCUT2D eigenvalue weighted by Crippen LogP contribution is 2.28. The first-order valence-corrected chi connectivity index (χ1v) is 7.61. The van der Waals surface area contributed by atoms with Gasteiger partial charge in [-0.2, -0.15) is 0 Å². The highest BCUT2D eigenvalue weighted by atomic mass is 32.2. The molecule has 106 valence electrons. The molecule has 0 unspecified atom stereocenters. The molecule has 0 saturated heterocycles. The molecule has 0 saturated carbocycles. The first-order chi connectivity index (χ1) is 9.53. The van der Waals surface area contributed by atoms with E-state index in [1.165, 1.54) is 15.7 Å². The number of rotatable bonds is 5. The molecule has 2 rings (SSSR count). The van der Waals surface area contributed by atoms with Gasteiger partial charge < -0.3 is 10.9 Å². The van der Waals surface area contributed by atoms with Gasteiger partial charge in [-0.1, -0.05) is 49.3 Å². The average molecular weight is 288 g/mol. The maximum atomic E-state index is 8.76. The summed E-state index contributed by atoms with van der Waals surface area (Å²) < 4.78 is 0. The van der Waals surface area contributed by atoms with Gasteiger partial charge in [0.1, 0.15) is 5.84 Å². The van der Waals surface area contributed by atoms with Crippen molar-refractivity contribution in [1.82, 2.24) is 0 Å². The summed E-state index contributed by atoms with van der Waals surface area (Å²) >= 11 is 1.80. The van der Waals surface area contributed by atoms with Crippen LogP contribution in [0.15, 0.2) is 52.5 Å². The molecule has 0 radical (unpaired) electrons. The summed E-state index contributed by atoms with van der Waals surface area (Å²) in [7, 11) is 0. The SMILES string of the molecule is CC(C)(CCSc1ccc2ccccc2c1)C(N)=NO. The van der Waals surface area contributed by atoms with Crippen molar-refractivity contribution in [1.29, 1.82) is 0 Å². The molecule has 0 atom stereocenters. The van der Waals surface area contributed by atoms with E-state index < -0.39 is 0 Å². The van der Waals surface area contributed by atoms with Crippen LogP contribution in [-0.2, 0) is 0 Å². The first kappa shape index (κ1) is 14.7. The summed E-state index contributed by atoms with van der Waals surface area (Å²) in [6, 6.07) is 14.8. The Hall–Kier alpha value is -1.68. The van der Waals surface area contributed by atoms with Gasteiger partial charge in [-0.3, -0.25) is 0 Å². The summed E-state index contributed by atoms with van der Waals surface area (Å²) in [5.41, 5.74) is 5.42. The topological polar surface area (TPSA) is 58.6 Å². The number of nitrogens with two attached hydrogens (primary N) is 1. The number of thioether (sulfide) groups is 1. The van der Waals surface area contributed by atoms with Crippen molar-refractivity contribution >= 4 is 28.4 Å². The van der Waals surface area contributed by atoms with E-state index in [-0.39, 0.29) is 11.3 Å². The van der Waals surface area contributed by atoms with Crippen molar-refractivity contribution in [3.63, 3.8) is 0 Å². The Morgan fingerprint density at radius 1 is 1.20 bits per heavy atom. The normalized spacial score (nSPS) is 12.8. The highest BCUT2D eigenvalue weighted by Gasteiger charge is 2.23. The monoisotopic (exact) mass is 288 g/mol. The van der Waals surface area contributed by atoms with Crippen molar-refractivity contribution in [2.75, 3.05) is 5.75 Å². The number of benzene rings is 2. The molecule has 0 fully saturated rings. The van der Waals surface area contributed by atoms with Crippen LogP contribution in [0.5, 0.6) is 0 Å². The highest BCUT2D eigenvalue weighted by molar-refractivity contribution is 7.99. The summed E-state index contributed by atoms with van der Waals surface area (Å²) in [5, 5.41) is 14.4. The minimum atomic E-state index is -0.279. The number of hydrogen-bond acceptors (Lipinski definition) is 3. The maximum absolute atomic E-state index is 8.76. The average Bonchev–Trinajstić information content (AvgIpc) is 2.46. The second-order valence-electron chi connectivity index (χ2n) is 5.48. The van der Waals surface area contributed by atoms with Crippen LogP contribution in [0.3, 0.4) is 0 Å². The Balaban J connectivity index is 1.99. The molecular weight excluding hydrogens is 268 g/mol. The fraction of sp³-hybridized carbons (Fsp3) is 0.312. The molecule has 20 heavy (non-hydrogen) atoms. The molecule has 0 bridgehead atoms. The fourth-order valence-electron chi connectivity index (χ4n) is 1.94. The number of amidine groups is 1. The zero-order valence-corrected chi connectivity index (χ0v) is 12.7. The van der Waals surface area contributed by atoms with E-state index in [0.717, 1.165) is 12.2 Å². The molecule has 4 heteroatoms. The molecule has 0 aliphatic rings. The van der Waals surface area contributed by atoms with E-state index in [9.17, 15) is 0 Å². The van der Waals surface area contributed by atoms with E-state index in [2.05, 4.69) is 47.6 Å². The molecule has 2 aromatic carbocycles. The van der Waals surface area contributed by atoms with Gasteiger partial charge in [0.25, 0.3) is 0 Å². The molecule has 3 N–H and O–H groups in total. The van der Waals surface area contributed by atoms with Gasteiger partial charge in [0.2, 0.25) is 0 Å². The van der Waals surface area contributed by atoms with Crippen LogP contribution >= 0.6 is 11.8 Å². The second-order valence-corrected chi connectivity index (χ2v) is 6.64. The smallest absolute Gasteiger partial charge is 0.144 e. The van der Waals surface area contributed by atoms with Crippen LogP contribution in [-0.4, -0.2) is 16.8 Å². The Morgan fingerprint density at radius 2 is 1.90 bits per heavy atom. The van der Waals surface area contributed by atoms with E-state index in [0.29, 0.717) is 0 Å². The van der Waals surface area contributed by atoms with Crippen LogP contribution in [0.25, 0.3) is 10.8 Å². The van der Waals surface area contributed by atoms with E-state index in [1.807, 2.05) is 13.8 Å². The largest absolute Gasteiger partial charge is 0.409 e. The van der Waals surface area contributed by atoms with Crippen molar-refractivity contribution in [3.8, 4) is 0 Å². The second kappa shape index (κ2) is 6.18. The van der Waals surface area contributed by atoms with Gasteiger partial charge in [-0.15, -0.1) is 11.8 Å². The van der Waals surface area contributed by atoms with Crippen LogP contribution < -0.4 is 5.73 Å². The molecule has 0 aromatic heterocycles. The van der Waals surface area contributed by atoms with Crippen LogP contribution in [0.2, 0.25) is 0 Å². The van der Waals surface area contributed by atoms with Crippen LogP contribution in [0.1, 0.15) is 20.3 Å². The predicted molar refractivity (Wildman–Crippen MR) is 86.5 cm³/mol. The van der Waals surface area contributed by atoms with Gasteiger partial charge >= 0.3 is 0 Å². The minimum Gasteiger partial charge on any atom is -0.409 e. The van der Waals surface area contributed by atoms with E-state index >= 15 is 0 Å². The van der Waals surface area contributed by atoms with Gasteiger partial charge in [-0.05, 0) is 35.1 Å². The number of oxime groups is 1. The number of fused-ring (bicyclic) bond motifs is 1. The summed E-state index contributed by atoms with van der Waals surface area (Å²) in [6.45, 7) is 3.98. The van der Waals surface area contributed by atoms with Crippen LogP contribution in [0, 0.1) is 5.41 Å². The van der Waals surface area contributed by atoms with E-state index in [1.54, 1.807) is 11.8 Å². The molecule has 0 spiro atoms. The number of hydrogen-bond donors (Lipinski definition) is 2. The van der Waals surface area contributed by atoms with Crippen molar-refractivity contribution in [2.24, 2.45) is 16.3 Å². The molecule has 0 aliphatic heterocycles. The Labute approximate surface area is 123 Å². The zero-order valence-electron chi connectivity index (χ0n) is 11.8. The number of nitrogens with zero attached hydrogens (tertiary/aromatic N) is 1. The third-order valence-corrected chi connectivity index (χ3v) is 4.51. The molecule has 0 heterocycles.